The molecule has 1 saturated carbocycles. The van der Waals surface area contributed by atoms with Gasteiger partial charge < -0.3 is 0 Å². The van der Waals surface area contributed by atoms with Gasteiger partial charge in [-0.3, -0.25) is 29.3 Å². The van der Waals surface area contributed by atoms with Crippen molar-refractivity contribution in [2.75, 3.05) is 6.54 Å². The Balaban J connectivity index is 1.68. The van der Waals surface area contributed by atoms with Gasteiger partial charge in [0, 0.05) is 27.7 Å². The Morgan fingerprint density at radius 3 is 2.21 bits per heavy atom. The largest absolute Gasteiger partial charge is 0.292 e. The summed E-state index contributed by atoms with van der Waals surface area (Å²) in [6.07, 6.45) is 1.90. The van der Waals surface area contributed by atoms with Gasteiger partial charge in [-0.15, -0.1) is 0 Å². The van der Waals surface area contributed by atoms with Crippen molar-refractivity contribution < 1.29 is 24.1 Å². The molecule has 1 saturated heterocycles. The predicted octanol–water partition coefficient (Wildman–Crippen LogP) is 4.02. The average molecular weight is 528 g/mol. The lowest BCUT2D eigenvalue weighted by Gasteiger charge is -2.30. The second kappa shape index (κ2) is 9.46. The molecule has 176 valence electrons. The maximum Gasteiger partial charge on any atom is 0.273 e. The van der Waals surface area contributed by atoms with Gasteiger partial charge in [-0.2, -0.15) is 5.01 Å². The van der Waals surface area contributed by atoms with Crippen LogP contribution in [0.15, 0.2) is 53.0 Å². The Morgan fingerprint density at radius 1 is 1.00 bits per heavy atom. The fourth-order valence-electron chi connectivity index (χ4n) is 4.58. The number of ketones is 1. The van der Waals surface area contributed by atoms with Crippen molar-refractivity contribution in [2.24, 2.45) is 17.8 Å². The van der Waals surface area contributed by atoms with Crippen LogP contribution in [0.3, 0.4) is 0 Å². The number of hydrogen-bond donors (Lipinski definition) is 0. The molecule has 0 spiro atoms. The van der Waals surface area contributed by atoms with E-state index in [4.69, 9.17) is 0 Å². The number of nitro groups is 1. The molecule has 2 fully saturated rings. The molecule has 2 aromatic rings. The van der Waals surface area contributed by atoms with Crippen LogP contribution in [0.5, 0.6) is 0 Å². The highest BCUT2D eigenvalue weighted by Gasteiger charge is 2.52. The average Bonchev–Trinajstić information content (AvgIpc) is 3.06. The maximum atomic E-state index is 13.4. The molecule has 2 aliphatic rings. The van der Waals surface area contributed by atoms with E-state index in [1.54, 1.807) is 24.3 Å². The second-order valence-corrected chi connectivity index (χ2v) is 9.63. The van der Waals surface area contributed by atoms with E-state index in [-0.39, 0.29) is 17.2 Å². The number of non-ortho nitro benzene ring substituents is 1. The summed E-state index contributed by atoms with van der Waals surface area (Å²) in [5.41, 5.74) is 0.134. The van der Waals surface area contributed by atoms with Crippen molar-refractivity contribution in [3.8, 4) is 0 Å². The number of carbonyl (C=O) groups excluding carboxylic acids is 4. The number of nitrogens with zero attached hydrogens (tertiary/aromatic N) is 3. The second-order valence-electron chi connectivity index (χ2n) is 8.72. The monoisotopic (exact) mass is 527 g/mol. The number of Topliss-reactive ketones (excluding diaryl/α,β-unsaturated/α-hetero) is 1. The summed E-state index contributed by atoms with van der Waals surface area (Å²) >= 11 is 3.30. The van der Waals surface area contributed by atoms with Crippen molar-refractivity contribution in [3.05, 3.63) is 74.2 Å². The number of fused-ring (bicyclic) bond motifs is 1. The number of halogens is 1. The lowest BCUT2D eigenvalue weighted by Crippen LogP contribution is -2.52. The zero-order chi connectivity index (χ0) is 24.6. The van der Waals surface area contributed by atoms with Gasteiger partial charge in [-0.1, -0.05) is 35.0 Å². The summed E-state index contributed by atoms with van der Waals surface area (Å²) < 4.78 is 0.769. The molecular formula is C24H22BrN3O6. The molecule has 0 aromatic heterocycles. The number of amides is 3. The third-order valence-electron chi connectivity index (χ3n) is 6.42. The van der Waals surface area contributed by atoms with Crippen LogP contribution >= 0.6 is 15.9 Å². The van der Waals surface area contributed by atoms with Gasteiger partial charge >= 0.3 is 0 Å². The van der Waals surface area contributed by atoms with Crippen molar-refractivity contribution in [1.82, 2.24) is 10.0 Å². The first-order valence-electron chi connectivity index (χ1n) is 10.9. The molecule has 10 heteroatoms. The third-order valence-corrected chi connectivity index (χ3v) is 6.95. The quantitative estimate of drug-likeness (QED) is 0.242. The van der Waals surface area contributed by atoms with Gasteiger partial charge in [-0.25, -0.2) is 5.01 Å². The molecule has 0 radical (unpaired) electrons. The summed E-state index contributed by atoms with van der Waals surface area (Å²) in [7, 11) is 0. The summed E-state index contributed by atoms with van der Waals surface area (Å²) in [6, 6.07) is 11.3. The van der Waals surface area contributed by atoms with E-state index in [2.05, 4.69) is 15.9 Å². The van der Waals surface area contributed by atoms with Gasteiger partial charge in [0.15, 0.2) is 5.78 Å². The van der Waals surface area contributed by atoms with E-state index in [0.29, 0.717) is 18.4 Å². The van der Waals surface area contributed by atoms with Crippen LogP contribution in [0.25, 0.3) is 0 Å². The first-order chi connectivity index (χ1) is 16.2. The lowest BCUT2D eigenvalue weighted by molar-refractivity contribution is -0.384. The van der Waals surface area contributed by atoms with E-state index in [0.717, 1.165) is 33.0 Å². The number of nitro benzene ring substituents is 1. The molecule has 1 heterocycles. The van der Waals surface area contributed by atoms with Gasteiger partial charge in [0.05, 0.1) is 16.8 Å². The Morgan fingerprint density at radius 2 is 1.59 bits per heavy atom. The number of rotatable bonds is 6. The van der Waals surface area contributed by atoms with Crippen LogP contribution in [0.4, 0.5) is 5.69 Å². The first-order valence-corrected chi connectivity index (χ1v) is 11.7. The molecule has 1 aliphatic carbocycles. The molecule has 3 atom stereocenters. The minimum atomic E-state index is -0.756. The van der Waals surface area contributed by atoms with Crippen molar-refractivity contribution in [2.45, 2.75) is 26.2 Å². The predicted molar refractivity (Wildman–Crippen MR) is 124 cm³/mol. The summed E-state index contributed by atoms with van der Waals surface area (Å²) in [4.78, 5) is 63.4. The van der Waals surface area contributed by atoms with Crippen molar-refractivity contribution >= 4 is 45.1 Å². The number of carbonyl (C=O) groups is 4. The van der Waals surface area contributed by atoms with Crippen LogP contribution in [-0.2, 0) is 9.59 Å². The highest BCUT2D eigenvalue weighted by Crippen LogP contribution is 2.41. The highest BCUT2D eigenvalue weighted by molar-refractivity contribution is 9.10. The van der Waals surface area contributed by atoms with E-state index < -0.39 is 46.8 Å². The Kier molecular flexibility index (Phi) is 6.60. The van der Waals surface area contributed by atoms with Crippen LogP contribution < -0.4 is 0 Å². The highest BCUT2D eigenvalue weighted by atomic mass is 79.9. The summed E-state index contributed by atoms with van der Waals surface area (Å²) in [6.45, 7) is 1.50. The number of hydrogen-bond acceptors (Lipinski definition) is 6. The SMILES string of the molecule is C[C@@H]1CC[C@H]2C(=O)N(N(CC(=O)c3ccc(Br)cc3)C(=O)c3ccc([N+](=O)[O-])cc3)C(=O)[C@H]2C1. The first kappa shape index (κ1) is 23.7. The van der Waals surface area contributed by atoms with E-state index in [1.165, 1.54) is 12.1 Å². The smallest absolute Gasteiger partial charge is 0.273 e. The lowest BCUT2D eigenvalue weighted by atomic mass is 9.76. The van der Waals surface area contributed by atoms with Crippen LogP contribution in [-0.4, -0.2) is 45.0 Å². The van der Waals surface area contributed by atoms with Crippen LogP contribution in [0.2, 0.25) is 0 Å². The van der Waals surface area contributed by atoms with Gasteiger partial charge in [0.25, 0.3) is 23.4 Å². The Bertz CT molecular complexity index is 1160. The van der Waals surface area contributed by atoms with Gasteiger partial charge in [-0.05, 0) is 49.4 Å². The zero-order valence-electron chi connectivity index (χ0n) is 18.3. The molecular weight excluding hydrogens is 506 g/mol. The van der Waals surface area contributed by atoms with Gasteiger partial charge in [0.2, 0.25) is 0 Å². The Hall–Kier alpha value is -3.40. The minimum Gasteiger partial charge on any atom is -0.292 e. The summed E-state index contributed by atoms with van der Waals surface area (Å²) in [5.74, 6) is -2.94. The van der Waals surface area contributed by atoms with Crippen molar-refractivity contribution in [3.63, 3.8) is 0 Å². The number of imide groups is 1. The molecule has 2 aromatic carbocycles. The fourth-order valence-corrected chi connectivity index (χ4v) is 4.85. The van der Waals surface area contributed by atoms with Crippen molar-refractivity contribution in [1.29, 1.82) is 0 Å². The fraction of sp³-hybridized carbons (Fsp3) is 0.333. The molecule has 9 nitrogen and oxygen atoms in total. The molecule has 34 heavy (non-hydrogen) atoms. The Labute approximate surface area is 204 Å². The number of hydrazine groups is 1. The molecule has 0 bridgehead atoms. The van der Waals surface area contributed by atoms with Crippen LogP contribution in [0.1, 0.15) is 46.9 Å². The normalized spacial score (nSPS) is 21.8. The minimum absolute atomic E-state index is 0.0260. The van der Waals surface area contributed by atoms with Gasteiger partial charge in [0.1, 0.15) is 6.54 Å². The number of benzene rings is 2. The molecule has 1 aliphatic heterocycles. The third kappa shape index (κ3) is 4.50. The maximum absolute atomic E-state index is 13.4. The summed E-state index contributed by atoms with van der Waals surface area (Å²) in [5, 5.41) is 12.7. The zero-order valence-corrected chi connectivity index (χ0v) is 19.9. The standard InChI is InChI=1S/C24H22BrN3O6/c1-14-2-11-19-20(12-14)24(32)27(23(19)31)26(13-21(29)15-3-7-17(25)8-4-15)22(30)16-5-9-18(10-6-16)28(33)34/h3-10,14,19-20H,2,11-13H2,1H3/t14-,19-,20+/m1/s1. The molecule has 3 amide bonds. The molecule has 0 N–H and O–H groups in total. The molecule has 4 rings (SSSR count). The van der Waals surface area contributed by atoms with E-state index >= 15 is 0 Å². The van der Waals surface area contributed by atoms with E-state index in [1.807, 2.05) is 6.92 Å². The van der Waals surface area contributed by atoms with E-state index in [9.17, 15) is 29.3 Å². The topological polar surface area (TPSA) is 118 Å². The van der Waals surface area contributed by atoms with Crippen LogP contribution in [0, 0.1) is 27.9 Å². The molecule has 0 unspecified atom stereocenters.